The van der Waals surface area contributed by atoms with Crippen molar-refractivity contribution < 1.29 is 4.79 Å². The van der Waals surface area contributed by atoms with Crippen molar-refractivity contribution in [1.82, 2.24) is 10.6 Å². The van der Waals surface area contributed by atoms with Crippen LogP contribution in [0.25, 0.3) is 0 Å². The van der Waals surface area contributed by atoms with Crippen LogP contribution in [0.2, 0.25) is 0 Å². The third kappa shape index (κ3) is 2.20. The number of piperidine rings is 1. The van der Waals surface area contributed by atoms with Crippen molar-refractivity contribution in [2.24, 2.45) is 17.8 Å². The zero-order valence-electron chi connectivity index (χ0n) is 11.8. The Morgan fingerprint density at radius 1 is 1.00 bits per heavy atom. The largest absolute Gasteiger partial charge is 0.349 e. The topological polar surface area (TPSA) is 41.1 Å². The average molecular weight is 262 g/mol. The van der Waals surface area contributed by atoms with E-state index >= 15 is 0 Å². The van der Waals surface area contributed by atoms with E-state index in [9.17, 15) is 4.79 Å². The molecule has 5 aliphatic rings. The summed E-state index contributed by atoms with van der Waals surface area (Å²) in [5, 5.41) is 6.88. The first-order valence-electron chi connectivity index (χ1n) is 8.28. The van der Waals surface area contributed by atoms with Gasteiger partial charge in [0.05, 0.1) is 6.04 Å². The van der Waals surface area contributed by atoms with E-state index in [4.69, 9.17) is 0 Å². The number of rotatable bonds is 2. The Kier molecular flexibility index (Phi) is 2.87. The van der Waals surface area contributed by atoms with Crippen LogP contribution in [0.4, 0.5) is 0 Å². The highest BCUT2D eigenvalue weighted by Crippen LogP contribution is 2.55. The van der Waals surface area contributed by atoms with Gasteiger partial charge in [0.15, 0.2) is 0 Å². The molecule has 4 saturated carbocycles. The van der Waals surface area contributed by atoms with Gasteiger partial charge in [0.25, 0.3) is 0 Å². The van der Waals surface area contributed by atoms with Crippen LogP contribution in [-0.2, 0) is 4.79 Å². The molecule has 1 saturated heterocycles. The zero-order valence-corrected chi connectivity index (χ0v) is 11.8. The van der Waals surface area contributed by atoms with Crippen molar-refractivity contribution in [3.05, 3.63) is 0 Å². The van der Waals surface area contributed by atoms with Gasteiger partial charge < -0.3 is 10.6 Å². The molecule has 0 unspecified atom stereocenters. The SMILES string of the molecule is O=C(NC12CC3CC(CC(C3)C1)C2)[C@@H]1CCCCN1. The molecule has 3 nitrogen and oxygen atoms in total. The molecular formula is C16H26N2O. The maximum Gasteiger partial charge on any atom is 0.237 e. The van der Waals surface area contributed by atoms with Crippen molar-refractivity contribution in [3.8, 4) is 0 Å². The van der Waals surface area contributed by atoms with E-state index in [1.807, 2.05) is 0 Å². The molecule has 0 aromatic heterocycles. The maximum atomic E-state index is 12.5. The molecule has 1 heterocycles. The van der Waals surface area contributed by atoms with E-state index in [1.54, 1.807) is 0 Å². The lowest BCUT2D eigenvalue weighted by atomic mass is 9.53. The summed E-state index contributed by atoms with van der Waals surface area (Å²) < 4.78 is 0. The summed E-state index contributed by atoms with van der Waals surface area (Å²) >= 11 is 0. The Morgan fingerprint density at radius 2 is 1.63 bits per heavy atom. The Labute approximate surface area is 115 Å². The molecule has 3 heteroatoms. The van der Waals surface area contributed by atoms with Gasteiger partial charge in [-0.1, -0.05) is 6.42 Å². The molecular weight excluding hydrogens is 236 g/mol. The lowest BCUT2D eigenvalue weighted by Crippen LogP contribution is -2.62. The van der Waals surface area contributed by atoms with Crippen molar-refractivity contribution in [2.75, 3.05) is 6.54 Å². The van der Waals surface area contributed by atoms with Gasteiger partial charge in [0.1, 0.15) is 0 Å². The fraction of sp³-hybridized carbons (Fsp3) is 0.938. The van der Waals surface area contributed by atoms with Gasteiger partial charge in [-0.3, -0.25) is 4.79 Å². The molecule has 5 fully saturated rings. The lowest BCUT2D eigenvalue weighted by Gasteiger charge is -2.57. The number of amides is 1. The standard InChI is InChI=1S/C16H26N2O/c19-15(14-3-1-2-4-17-14)18-16-8-11-5-12(9-16)7-13(6-11)10-16/h11-14,17H,1-10H2,(H,18,19)/t11?,12?,13?,14-,16?/m0/s1. The third-order valence-corrected chi connectivity index (χ3v) is 6.05. The van der Waals surface area contributed by atoms with E-state index in [1.165, 1.54) is 51.4 Å². The molecule has 1 atom stereocenters. The molecule has 4 bridgehead atoms. The van der Waals surface area contributed by atoms with Crippen LogP contribution in [0.3, 0.4) is 0 Å². The van der Waals surface area contributed by atoms with E-state index in [2.05, 4.69) is 10.6 Å². The lowest BCUT2D eigenvalue weighted by molar-refractivity contribution is -0.129. The first kappa shape index (κ1) is 12.2. The number of carbonyl (C=O) groups is 1. The second kappa shape index (κ2) is 4.47. The summed E-state index contributed by atoms with van der Waals surface area (Å²) in [6, 6.07) is 0.0850. The molecule has 0 spiro atoms. The fourth-order valence-corrected chi connectivity index (χ4v) is 5.69. The average Bonchev–Trinajstić information content (AvgIpc) is 2.37. The van der Waals surface area contributed by atoms with Gasteiger partial charge in [-0.05, 0) is 75.7 Å². The van der Waals surface area contributed by atoms with Crippen molar-refractivity contribution in [1.29, 1.82) is 0 Å². The molecule has 19 heavy (non-hydrogen) atoms. The Balaban J connectivity index is 1.45. The van der Waals surface area contributed by atoms with E-state index in [-0.39, 0.29) is 11.6 Å². The minimum Gasteiger partial charge on any atom is -0.349 e. The fourth-order valence-electron chi connectivity index (χ4n) is 5.69. The molecule has 5 rings (SSSR count). The van der Waals surface area contributed by atoms with E-state index in [0.717, 1.165) is 30.7 Å². The van der Waals surface area contributed by atoms with Crippen molar-refractivity contribution in [3.63, 3.8) is 0 Å². The quantitative estimate of drug-likeness (QED) is 0.801. The first-order valence-corrected chi connectivity index (χ1v) is 8.28. The van der Waals surface area contributed by atoms with Crippen molar-refractivity contribution in [2.45, 2.75) is 69.4 Å². The van der Waals surface area contributed by atoms with Crippen LogP contribution >= 0.6 is 0 Å². The molecule has 0 aromatic rings. The summed E-state index contributed by atoms with van der Waals surface area (Å²) in [4.78, 5) is 12.5. The summed E-state index contributed by atoms with van der Waals surface area (Å²) in [6.07, 6.45) is 11.6. The van der Waals surface area contributed by atoms with Gasteiger partial charge in [-0.25, -0.2) is 0 Å². The Hall–Kier alpha value is -0.570. The van der Waals surface area contributed by atoms with Gasteiger partial charge in [-0.15, -0.1) is 0 Å². The molecule has 0 radical (unpaired) electrons. The van der Waals surface area contributed by atoms with Gasteiger partial charge in [-0.2, -0.15) is 0 Å². The third-order valence-electron chi connectivity index (χ3n) is 6.05. The minimum atomic E-state index is 0.0850. The van der Waals surface area contributed by atoms with Crippen LogP contribution < -0.4 is 10.6 Å². The highest BCUT2D eigenvalue weighted by atomic mass is 16.2. The van der Waals surface area contributed by atoms with E-state index in [0.29, 0.717) is 5.91 Å². The van der Waals surface area contributed by atoms with E-state index < -0.39 is 0 Å². The summed E-state index contributed by atoms with van der Waals surface area (Å²) in [7, 11) is 0. The minimum absolute atomic E-state index is 0.0850. The Morgan fingerprint density at radius 3 is 2.16 bits per heavy atom. The number of hydrogen-bond acceptors (Lipinski definition) is 2. The summed E-state index contributed by atoms with van der Waals surface area (Å²) in [5.41, 5.74) is 0.185. The van der Waals surface area contributed by atoms with Crippen LogP contribution in [0, 0.1) is 17.8 Å². The maximum absolute atomic E-state index is 12.5. The Bertz CT molecular complexity index is 338. The van der Waals surface area contributed by atoms with Gasteiger partial charge >= 0.3 is 0 Å². The predicted molar refractivity (Wildman–Crippen MR) is 74.7 cm³/mol. The smallest absolute Gasteiger partial charge is 0.237 e. The highest BCUT2D eigenvalue weighted by Gasteiger charge is 2.51. The number of hydrogen-bond donors (Lipinski definition) is 2. The van der Waals surface area contributed by atoms with Crippen LogP contribution in [0.5, 0.6) is 0 Å². The van der Waals surface area contributed by atoms with Crippen molar-refractivity contribution >= 4 is 5.91 Å². The van der Waals surface area contributed by atoms with Gasteiger partial charge in [0, 0.05) is 5.54 Å². The van der Waals surface area contributed by atoms with Gasteiger partial charge in [0.2, 0.25) is 5.91 Å². The molecule has 106 valence electrons. The first-order chi connectivity index (χ1) is 9.22. The number of nitrogens with one attached hydrogen (secondary N) is 2. The predicted octanol–water partition coefficient (Wildman–Crippen LogP) is 2.21. The van der Waals surface area contributed by atoms with Crippen LogP contribution in [-0.4, -0.2) is 24.0 Å². The molecule has 1 amide bonds. The summed E-state index contributed by atoms with van der Waals surface area (Å²) in [5.74, 6) is 3.02. The second-order valence-electron chi connectivity index (χ2n) is 7.69. The monoisotopic (exact) mass is 262 g/mol. The molecule has 0 aromatic carbocycles. The summed E-state index contributed by atoms with van der Waals surface area (Å²) in [6.45, 7) is 1.01. The molecule has 1 aliphatic heterocycles. The molecule has 2 N–H and O–H groups in total. The molecule has 4 aliphatic carbocycles. The number of carbonyl (C=O) groups excluding carboxylic acids is 1. The highest BCUT2D eigenvalue weighted by molar-refractivity contribution is 5.82. The van der Waals surface area contributed by atoms with Crippen LogP contribution in [0.15, 0.2) is 0 Å². The normalized spacial score (nSPS) is 48.2. The zero-order chi connectivity index (χ0) is 12.9. The van der Waals surface area contributed by atoms with Crippen LogP contribution in [0.1, 0.15) is 57.8 Å². The second-order valence-corrected chi connectivity index (χ2v) is 7.69.